The van der Waals surface area contributed by atoms with Crippen LogP contribution in [0, 0.1) is 16.2 Å². The number of nitrogens with two attached hydrogens (primary N) is 9. The van der Waals surface area contributed by atoms with E-state index in [1.165, 1.54) is 18.6 Å². The van der Waals surface area contributed by atoms with Crippen LogP contribution in [0.3, 0.4) is 0 Å². The lowest BCUT2D eigenvalue weighted by atomic mass is 10.5. The van der Waals surface area contributed by atoms with E-state index in [1.54, 1.807) is 20.8 Å². The van der Waals surface area contributed by atoms with Gasteiger partial charge >= 0.3 is 0 Å². The molecular formula is C15H36N24. The van der Waals surface area contributed by atoms with Crippen molar-refractivity contribution in [1.29, 1.82) is 16.2 Å². The zero-order chi connectivity index (χ0) is 30.8. The number of nitrogens with one attached hydrogen (secondary N) is 6. The maximum absolute atomic E-state index is 6.75. The molecule has 0 amide bonds. The molecule has 24 heteroatoms. The Labute approximate surface area is 223 Å². The van der Waals surface area contributed by atoms with Gasteiger partial charge in [-0.05, 0) is 20.8 Å². The van der Waals surface area contributed by atoms with Gasteiger partial charge in [0.2, 0.25) is 35.8 Å². The van der Waals surface area contributed by atoms with Crippen LogP contribution < -0.4 is 67.9 Å². The summed E-state index contributed by atoms with van der Waals surface area (Å²) < 4.78 is 0. The van der Waals surface area contributed by atoms with E-state index in [2.05, 4.69) is 62.2 Å². The predicted molar refractivity (Wildman–Crippen MR) is 157 cm³/mol. The van der Waals surface area contributed by atoms with Gasteiger partial charge in [0, 0.05) is 0 Å². The Morgan fingerprint density at radius 1 is 0.436 bits per heavy atom. The molecule has 24 nitrogen and oxygen atoms in total. The molecule has 0 heterocycles. The highest BCUT2D eigenvalue weighted by Gasteiger charge is 1.86. The molecule has 216 valence electrons. The number of rotatable bonds is 9. The van der Waals surface area contributed by atoms with Crippen molar-refractivity contribution >= 4 is 71.5 Å². The predicted octanol–water partition coefficient (Wildman–Crippen LogP) is -5.69. The molecule has 0 aliphatic carbocycles. The number of hydrazone groups is 3. The fourth-order valence-corrected chi connectivity index (χ4v) is 1.07. The monoisotopic (exact) mass is 552 g/mol. The molecule has 0 aromatic carbocycles. The van der Waals surface area contributed by atoms with Gasteiger partial charge in [0.15, 0.2) is 0 Å². The fraction of sp³-hybridized carbons (Fsp3) is 0.200. The van der Waals surface area contributed by atoms with E-state index in [0.29, 0.717) is 17.1 Å². The number of hydrogen-bond donors (Lipinski definition) is 15. The fourth-order valence-electron chi connectivity index (χ4n) is 1.07. The van der Waals surface area contributed by atoms with Gasteiger partial charge in [-0.25, -0.2) is 16.3 Å². The third-order valence-corrected chi connectivity index (χ3v) is 2.28. The van der Waals surface area contributed by atoms with E-state index in [4.69, 9.17) is 67.8 Å². The van der Waals surface area contributed by atoms with Crippen LogP contribution in [0.5, 0.6) is 0 Å². The van der Waals surface area contributed by atoms with Crippen molar-refractivity contribution in [2.75, 3.05) is 0 Å². The lowest BCUT2D eigenvalue weighted by Crippen LogP contribution is -2.25. The van der Waals surface area contributed by atoms with Gasteiger partial charge in [-0.3, -0.25) is 16.2 Å². The van der Waals surface area contributed by atoms with E-state index < -0.39 is 0 Å². The Bertz CT molecular complexity index is 906. The summed E-state index contributed by atoms with van der Waals surface area (Å²) in [6, 6.07) is 0. The van der Waals surface area contributed by atoms with Crippen molar-refractivity contribution < 1.29 is 0 Å². The standard InChI is InChI=1S/3C5H12N8/c3*1-3(11-13-5(8)9)2-10-12-4(6)7/h3*2H,1H3,(H4,6,7,12)(H4,8,9,13)/b3*10-2-,11-3-. The maximum Gasteiger partial charge on any atom is 0.211 e. The molecule has 0 radical (unpaired) electrons. The van der Waals surface area contributed by atoms with E-state index in [0.717, 1.165) is 0 Å². The molecule has 0 fully saturated rings. The molecule has 0 aromatic rings. The summed E-state index contributed by atoms with van der Waals surface area (Å²) in [5.74, 6) is -1.17. The third kappa shape index (κ3) is 39.2. The molecule has 0 bridgehead atoms. The molecule has 0 aliphatic rings. The van der Waals surface area contributed by atoms with Gasteiger partial charge in [-0.1, -0.05) is 0 Å². The van der Waals surface area contributed by atoms with Crippen molar-refractivity contribution in [2.24, 2.45) is 97.5 Å². The average molecular weight is 553 g/mol. The van der Waals surface area contributed by atoms with E-state index in [-0.39, 0.29) is 35.8 Å². The average Bonchev–Trinajstić information content (AvgIpc) is 2.80. The Morgan fingerprint density at radius 2 is 0.641 bits per heavy atom. The lowest BCUT2D eigenvalue weighted by molar-refractivity contribution is 1.00. The van der Waals surface area contributed by atoms with Gasteiger partial charge < -0.3 is 51.6 Å². The third-order valence-electron chi connectivity index (χ3n) is 2.28. The second kappa shape index (κ2) is 23.4. The first-order valence-corrected chi connectivity index (χ1v) is 9.85. The first-order chi connectivity index (χ1) is 18.1. The van der Waals surface area contributed by atoms with Crippen molar-refractivity contribution in [3.8, 4) is 0 Å². The van der Waals surface area contributed by atoms with Crippen LogP contribution in [-0.4, -0.2) is 71.5 Å². The number of hydrogen-bond acceptors (Lipinski definition) is 12. The second-order valence-corrected chi connectivity index (χ2v) is 6.15. The minimum Gasteiger partial charge on any atom is -0.369 e. The molecular weight excluding hydrogens is 516 g/mol. The normalized spacial score (nSPS) is 11.3. The highest BCUT2D eigenvalue weighted by Crippen LogP contribution is 1.76. The van der Waals surface area contributed by atoms with Crippen LogP contribution in [0.25, 0.3) is 0 Å². The molecule has 0 saturated heterocycles. The summed E-state index contributed by atoms with van der Waals surface area (Å²) in [5.41, 5.74) is 53.0. The Balaban J connectivity index is -0.000000498. The van der Waals surface area contributed by atoms with Gasteiger partial charge in [-0.2, -0.15) is 30.6 Å². The van der Waals surface area contributed by atoms with Gasteiger partial charge in [0.05, 0.1) is 35.8 Å². The number of guanidine groups is 6. The van der Waals surface area contributed by atoms with Crippen LogP contribution in [-0.2, 0) is 0 Å². The summed E-state index contributed by atoms with van der Waals surface area (Å²) in [4.78, 5) is 0. The lowest BCUT2D eigenvalue weighted by Gasteiger charge is -1.92. The largest absolute Gasteiger partial charge is 0.369 e. The second-order valence-electron chi connectivity index (χ2n) is 6.15. The topological polar surface area (TPSA) is 453 Å². The van der Waals surface area contributed by atoms with Crippen LogP contribution in [0.1, 0.15) is 20.8 Å². The summed E-state index contributed by atoms with van der Waals surface area (Å²) >= 11 is 0. The molecule has 0 saturated carbocycles. The molecule has 0 unspecified atom stereocenters. The molecule has 0 aliphatic heterocycles. The highest BCUT2D eigenvalue weighted by molar-refractivity contribution is 6.30. The summed E-state index contributed by atoms with van der Waals surface area (Å²) in [6.45, 7) is 4.91. The molecule has 0 spiro atoms. The minimum atomic E-state index is -0.258. The van der Waals surface area contributed by atoms with Crippen LogP contribution in [0.2, 0.25) is 0 Å². The maximum atomic E-state index is 6.75. The molecule has 39 heavy (non-hydrogen) atoms. The van der Waals surface area contributed by atoms with E-state index in [1.807, 2.05) is 0 Å². The quantitative estimate of drug-likeness (QED) is 0.0722. The molecule has 0 aromatic heterocycles. The van der Waals surface area contributed by atoms with Crippen molar-refractivity contribution in [3.63, 3.8) is 0 Å². The van der Waals surface area contributed by atoms with Gasteiger partial charge in [-0.15, -0.1) is 15.3 Å². The van der Waals surface area contributed by atoms with Crippen LogP contribution in [0.4, 0.5) is 0 Å². The first-order valence-electron chi connectivity index (χ1n) is 9.85. The Morgan fingerprint density at radius 3 is 0.795 bits per heavy atom. The van der Waals surface area contributed by atoms with Gasteiger partial charge in [0.1, 0.15) is 0 Å². The highest BCUT2D eigenvalue weighted by atomic mass is 15.4. The smallest absolute Gasteiger partial charge is 0.211 e. The van der Waals surface area contributed by atoms with E-state index in [9.17, 15) is 0 Å². The van der Waals surface area contributed by atoms with Crippen molar-refractivity contribution in [3.05, 3.63) is 0 Å². The molecule has 0 atom stereocenters. The zero-order valence-electron chi connectivity index (χ0n) is 21.5. The van der Waals surface area contributed by atoms with Gasteiger partial charge in [0.25, 0.3) is 0 Å². The van der Waals surface area contributed by atoms with Crippen LogP contribution in [0.15, 0.2) is 45.9 Å². The summed E-state index contributed by atoms with van der Waals surface area (Å²) in [6.07, 6.45) is 3.98. The Kier molecular flexibility index (Phi) is 22.3. The summed E-state index contributed by atoms with van der Waals surface area (Å²) in [7, 11) is 0. The number of nitrogens with zero attached hydrogens (tertiary/aromatic N) is 9. The summed E-state index contributed by atoms with van der Waals surface area (Å²) in [5, 5.41) is 51.7. The van der Waals surface area contributed by atoms with E-state index >= 15 is 0 Å². The first kappa shape index (κ1) is 37.2. The molecule has 24 N–H and O–H groups in total. The Hall–Kier alpha value is -6.36. The zero-order valence-corrected chi connectivity index (χ0v) is 21.5. The van der Waals surface area contributed by atoms with Crippen molar-refractivity contribution in [2.45, 2.75) is 20.8 Å². The SMILES string of the molecule is CC(/C=N\NC(=N)N)=N/N=C(N)N.CC(/C=N\NC(=N)N)=N/N=C(N)N.CC(/C=N\NC(=N)N)=N/N=C(N)N. The molecule has 0 rings (SSSR count). The minimum absolute atomic E-state index is 0.132. The van der Waals surface area contributed by atoms with Crippen molar-refractivity contribution in [1.82, 2.24) is 16.3 Å². The van der Waals surface area contributed by atoms with Crippen LogP contribution >= 0.6 is 0 Å².